The van der Waals surface area contributed by atoms with Crippen LogP contribution in [0.15, 0.2) is 12.1 Å². The molecule has 0 unspecified atom stereocenters. The van der Waals surface area contributed by atoms with Crippen LogP contribution in [0.1, 0.15) is 145 Å². The highest BCUT2D eigenvalue weighted by Crippen LogP contribution is 2.53. The Kier molecular flexibility index (Phi) is 12.9. The van der Waals surface area contributed by atoms with Crippen molar-refractivity contribution in [3.63, 3.8) is 0 Å². The number of aryl methyl sites for hydroxylation is 2. The summed E-state index contributed by atoms with van der Waals surface area (Å²) in [6.07, 6.45) is 0. The van der Waals surface area contributed by atoms with Gasteiger partial charge in [0.15, 0.2) is 0 Å². The van der Waals surface area contributed by atoms with Crippen LogP contribution in [0.5, 0.6) is 0 Å². The first-order chi connectivity index (χ1) is 29.6. The Hall–Kier alpha value is -5.08. The molecule has 0 atom stereocenters. The summed E-state index contributed by atoms with van der Waals surface area (Å²) in [4.78, 5) is 5.32. The Morgan fingerprint density at radius 3 is 0.578 bits per heavy atom. The van der Waals surface area contributed by atoms with E-state index in [2.05, 4.69) is 202 Å². The summed E-state index contributed by atoms with van der Waals surface area (Å²) in [5.74, 6) is 0. The molecule has 0 radical (unpaired) electrons. The molecule has 0 amide bonds. The molecule has 0 aliphatic rings. The Labute approximate surface area is 390 Å². The van der Waals surface area contributed by atoms with E-state index in [1.54, 1.807) is 0 Å². The van der Waals surface area contributed by atoms with Crippen molar-refractivity contribution < 1.29 is 0 Å². The van der Waals surface area contributed by atoms with Gasteiger partial charge in [0, 0.05) is 5.69 Å². The van der Waals surface area contributed by atoms with E-state index in [-0.39, 0.29) is 0 Å². The zero-order valence-corrected chi connectivity index (χ0v) is 45.0. The number of anilines is 6. The Bertz CT molecular complexity index is 2670. The molecule has 6 aromatic carbocycles. The molecular formula is C62H80N2. The molecule has 0 aliphatic carbocycles. The molecule has 6 aromatic rings. The molecule has 338 valence electrons. The molecule has 0 saturated carbocycles. The average molecular weight is 853 g/mol. The number of benzene rings is 6. The number of rotatable bonds is 7. The first-order valence-corrected chi connectivity index (χ1v) is 23.7. The molecule has 0 bridgehead atoms. The van der Waals surface area contributed by atoms with Crippen molar-refractivity contribution in [2.24, 2.45) is 0 Å². The van der Waals surface area contributed by atoms with Crippen LogP contribution in [0.3, 0.4) is 0 Å². The number of hydrogen-bond donors (Lipinski definition) is 0. The van der Waals surface area contributed by atoms with Gasteiger partial charge < -0.3 is 9.80 Å². The van der Waals surface area contributed by atoms with Crippen molar-refractivity contribution in [1.82, 2.24) is 0 Å². The number of hydrogen-bond acceptors (Lipinski definition) is 2. The predicted octanol–water partition coefficient (Wildman–Crippen LogP) is 18.3. The average Bonchev–Trinajstić information content (AvgIpc) is 3.25. The van der Waals surface area contributed by atoms with Gasteiger partial charge in [-0.3, -0.25) is 0 Å². The molecule has 64 heavy (non-hydrogen) atoms. The normalized spacial score (nSPS) is 11.6. The highest BCUT2D eigenvalue weighted by molar-refractivity contribution is 5.94. The molecule has 0 aliphatic heterocycles. The van der Waals surface area contributed by atoms with Gasteiger partial charge in [0.25, 0.3) is 0 Å². The molecule has 0 fully saturated rings. The van der Waals surface area contributed by atoms with E-state index in [0.29, 0.717) is 0 Å². The summed E-state index contributed by atoms with van der Waals surface area (Å²) in [5.41, 5.74) is 45.9. The van der Waals surface area contributed by atoms with Crippen LogP contribution >= 0.6 is 0 Å². The maximum absolute atomic E-state index is 2.69. The van der Waals surface area contributed by atoms with Gasteiger partial charge in [0.2, 0.25) is 0 Å². The minimum absolute atomic E-state index is 1.22. The van der Waals surface area contributed by atoms with E-state index in [0.717, 1.165) is 0 Å². The largest absolute Gasteiger partial charge is 0.309 e. The van der Waals surface area contributed by atoms with E-state index in [1.807, 2.05) is 0 Å². The van der Waals surface area contributed by atoms with Crippen LogP contribution in [0, 0.1) is 180 Å². The SMILES string of the molecule is Cc1cc(N(c2c(C)c(C)c(C)c(C)c2C)c2c(C)c(C)c(C)c(C)c2C)cc(C)c1-c1c(C)c(C)c(N(c2c(C)c(C)c(C)c(C)c2C)c2c(C)c(C)c(C)c(C)c2C)c(C)c1C. The fourth-order valence-corrected chi connectivity index (χ4v) is 11.4. The third-order valence-electron chi connectivity index (χ3n) is 17.6. The van der Waals surface area contributed by atoms with Crippen molar-refractivity contribution in [2.75, 3.05) is 9.80 Å². The summed E-state index contributed by atoms with van der Waals surface area (Å²) >= 11 is 0. The van der Waals surface area contributed by atoms with Gasteiger partial charge in [-0.1, -0.05) is 0 Å². The highest BCUT2D eigenvalue weighted by atomic mass is 15.2. The molecule has 0 spiro atoms. The van der Waals surface area contributed by atoms with Crippen molar-refractivity contribution in [1.29, 1.82) is 0 Å². The van der Waals surface area contributed by atoms with Crippen LogP contribution in [0.2, 0.25) is 0 Å². The maximum Gasteiger partial charge on any atom is 0.0526 e. The molecule has 2 heteroatoms. The third kappa shape index (κ3) is 7.05. The molecule has 0 saturated heterocycles. The molecule has 2 nitrogen and oxygen atoms in total. The summed E-state index contributed by atoms with van der Waals surface area (Å²) in [6, 6.07) is 4.96. The molecule has 0 heterocycles. The Morgan fingerprint density at radius 1 is 0.188 bits per heavy atom. The quantitative estimate of drug-likeness (QED) is 0.158. The second-order valence-corrected chi connectivity index (χ2v) is 20.2. The number of nitrogens with zero attached hydrogens (tertiary/aromatic N) is 2. The minimum Gasteiger partial charge on any atom is -0.309 e. The molecule has 6 rings (SSSR count). The van der Waals surface area contributed by atoms with E-state index in [1.165, 1.54) is 190 Å². The fraction of sp³-hybridized carbons (Fsp3) is 0.419. The van der Waals surface area contributed by atoms with Crippen LogP contribution in [-0.4, -0.2) is 0 Å². The predicted molar refractivity (Wildman–Crippen MR) is 284 cm³/mol. The van der Waals surface area contributed by atoms with Gasteiger partial charge in [-0.25, -0.2) is 0 Å². The lowest BCUT2D eigenvalue weighted by Crippen LogP contribution is -2.21. The van der Waals surface area contributed by atoms with Crippen molar-refractivity contribution in [3.05, 3.63) is 157 Å². The standard InChI is InChI=1S/C62H80N2/c1-29-27-55(63(58-45(17)35(7)31(3)36(8)46(58)18)59-47(19)37(9)32(4)38(10)48(59)20)28-30(2)56(29)57-43(15)53(25)62(54(26)44(57)16)64(60-49(21)39(11)33(5)40(12)50(60)22)61-51(23)41(13)34(6)42(14)52(61)24/h27-28H,1-26H3. The van der Waals surface area contributed by atoms with E-state index >= 15 is 0 Å². The van der Waals surface area contributed by atoms with Gasteiger partial charge >= 0.3 is 0 Å². The maximum atomic E-state index is 2.69. The van der Waals surface area contributed by atoms with E-state index in [4.69, 9.17) is 0 Å². The summed E-state index contributed by atoms with van der Waals surface area (Å²) < 4.78 is 0. The van der Waals surface area contributed by atoms with Crippen molar-refractivity contribution in [2.45, 2.75) is 180 Å². The zero-order chi connectivity index (χ0) is 48.2. The summed E-state index contributed by atoms with van der Waals surface area (Å²) in [7, 11) is 0. The lowest BCUT2D eigenvalue weighted by atomic mass is 9.82. The van der Waals surface area contributed by atoms with Crippen LogP contribution in [0.25, 0.3) is 11.1 Å². The summed E-state index contributed by atoms with van der Waals surface area (Å²) in [6.45, 7) is 60.5. The lowest BCUT2D eigenvalue weighted by Gasteiger charge is -2.38. The minimum atomic E-state index is 1.22. The van der Waals surface area contributed by atoms with Crippen molar-refractivity contribution in [3.8, 4) is 11.1 Å². The zero-order valence-electron chi connectivity index (χ0n) is 45.0. The van der Waals surface area contributed by atoms with Gasteiger partial charge in [-0.15, -0.1) is 0 Å². The highest BCUT2D eigenvalue weighted by Gasteiger charge is 2.32. The summed E-state index contributed by atoms with van der Waals surface area (Å²) in [5, 5.41) is 0. The lowest BCUT2D eigenvalue weighted by molar-refractivity contribution is 1.07. The van der Waals surface area contributed by atoms with E-state index in [9.17, 15) is 0 Å². The van der Waals surface area contributed by atoms with Crippen LogP contribution in [-0.2, 0) is 0 Å². The first kappa shape index (κ1) is 48.4. The molecule has 0 aromatic heterocycles. The Balaban J connectivity index is 1.71. The van der Waals surface area contributed by atoms with Gasteiger partial charge in [-0.2, -0.15) is 0 Å². The van der Waals surface area contributed by atoms with Crippen LogP contribution in [0.4, 0.5) is 34.1 Å². The van der Waals surface area contributed by atoms with Gasteiger partial charge in [-0.05, 0) is 348 Å². The fourth-order valence-electron chi connectivity index (χ4n) is 11.4. The topological polar surface area (TPSA) is 6.48 Å². The molecular weight excluding hydrogens is 773 g/mol. The van der Waals surface area contributed by atoms with Gasteiger partial charge in [0.05, 0.1) is 28.4 Å². The monoisotopic (exact) mass is 853 g/mol. The second-order valence-electron chi connectivity index (χ2n) is 20.2. The van der Waals surface area contributed by atoms with E-state index < -0.39 is 0 Å². The van der Waals surface area contributed by atoms with Crippen LogP contribution < -0.4 is 9.80 Å². The Morgan fingerprint density at radius 2 is 0.359 bits per heavy atom. The molecule has 0 N–H and O–H groups in total. The van der Waals surface area contributed by atoms with Gasteiger partial charge in [0.1, 0.15) is 0 Å². The second kappa shape index (κ2) is 17.0. The smallest absolute Gasteiger partial charge is 0.0526 e. The third-order valence-corrected chi connectivity index (χ3v) is 17.6. The van der Waals surface area contributed by atoms with Crippen molar-refractivity contribution >= 4 is 34.1 Å². The first-order valence-electron chi connectivity index (χ1n) is 23.7.